The molecule has 0 fully saturated rings. The highest BCUT2D eigenvalue weighted by Crippen LogP contribution is 2.35. The molecule has 186 valence electrons. The van der Waals surface area contributed by atoms with E-state index in [4.69, 9.17) is 0 Å². The first-order chi connectivity index (χ1) is 18.0. The quantitative estimate of drug-likeness (QED) is 0.404. The van der Waals surface area contributed by atoms with Gasteiger partial charge in [0.25, 0.3) is 11.5 Å². The maximum Gasteiger partial charge on any atom is 0.290 e. The van der Waals surface area contributed by atoms with Gasteiger partial charge in [-0.2, -0.15) is 9.78 Å². The van der Waals surface area contributed by atoms with E-state index in [0.717, 1.165) is 31.1 Å². The molecule has 1 atom stereocenters. The van der Waals surface area contributed by atoms with E-state index in [2.05, 4.69) is 25.4 Å². The number of pyridine rings is 1. The van der Waals surface area contributed by atoms with E-state index in [0.29, 0.717) is 34.6 Å². The second-order valence-corrected chi connectivity index (χ2v) is 10.3. The summed E-state index contributed by atoms with van der Waals surface area (Å²) in [5.74, 6) is 0.158. The van der Waals surface area contributed by atoms with Crippen LogP contribution in [0.25, 0.3) is 15.9 Å². The van der Waals surface area contributed by atoms with Gasteiger partial charge in [-0.25, -0.2) is 15.0 Å². The summed E-state index contributed by atoms with van der Waals surface area (Å²) in [6, 6.07) is 3.41. The molecule has 0 saturated heterocycles. The molecule has 0 saturated carbocycles. The molecule has 10 nitrogen and oxygen atoms in total. The molecule has 1 unspecified atom stereocenters. The summed E-state index contributed by atoms with van der Waals surface area (Å²) in [4.78, 5) is 54.0. The molecule has 1 aliphatic carbocycles. The highest BCUT2D eigenvalue weighted by atomic mass is 32.1. The number of aldehydes is 1. The van der Waals surface area contributed by atoms with Gasteiger partial charge in [0.2, 0.25) is 0 Å². The van der Waals surface area contributed by atoms with Gasteiger partial charge < -0.3 is 10.2 Å². The number of amides is 1. The van der Waals surface area contributed by atoms with E-state index in [-0.39, 0.29) is 28.8 Å². The van der Waals surface area contributed by atoms with Crippen LogP contribution in [-0.2, 0) is 17.6 Å². The molecule has 37 heavy (non-hydrogen) atoms. The molecule has 6 rings (SSSR count). The SMILES string of the molecule is CN1CC(c2ccnc(-n3ncc4c5c(sc4c3=O)CCCC5)c2C=O)C=C(Nc2ccncn2)C1=O. The van der Waals surface area contributed by atoms with E-state index in [1.54, 1.807) is 48.7 Å². The Balaban J connectivity index is 1.44. The number of rotatable bonds is 5. The zero-order valence-electron chi connectivity index (χ0n) is 20.0. The summed E-state index contributed by atoms with van der Waals surface area (Å²) in [5, 5.41) is 8.38. The molecule has 11 heteroatoms. The summed E-state index contributed by atoms with van der Waals surface area (Å²) >= 11 is 1.52. The van der Waals surface area contributed by atoms with Crippen LogP contribution in [0.4, 0.5) is 5.82 Å². The summed E-state index contributed by atoms with van der Waals surface area (Å²) in [6.07, 6.45) is 12.9. The van der Waals surface area contributed by atoms with E-state index in [1.807, 2.05) is 0 Å². The number of carbonyl (C=O) groups is 2. The number of carbonyl (C=O) groups excluding carboxylic acids is 2. The number of thiophene rings is 1. The smallest absolute Gasteiger partial charge is 0.290 e. The monoisotopic (exact) mass is 513 g/mol. The fourth-order valence-electron chi connectivity index (χ4n) is 5.08. The maximum atomic E-state index is 13.5. The minimum atomic E-state index is -0.317. The molecule has 0 spiro atoms. The van der Waals surface area contributed by atoms with Crippen molar-refractivity contribution in [3.8, 4) is 5.82 Å². The van der Waals surface area contributed by atoms with Gasteiger partial charge in [-0.05, 0) is 55.0 Å². The summed E-state index contributed by atoms with van der Waals surface area (Å²) < 4.78 is 1.86. The van der Waals surface area contributed by atoms with Gasteiger partial charge in [0, 0.05) is 42.2 Å². The fourth-order valence-corrected chi connectivity index (χ4v) is 6.37. The lowest BCUT2D eigenvalue weighted by Crippen LogP contribution is -2.38. The lowest BCUT2D eigenvalue weighted by atomic mass is 9.91. The van der Waals surface area contributed by atoms with Gasteiger partial charge in [0.15, 0.2) is 12.1 Å². The number of fused-ring (bicyclic) bond motifs is 3. The van der Waals surface area contributed by atoms with Crippen LogP contribution in [0.3, 0.4) is 0 Å². The molecule has 1 N–H and O–H groups in total. The van der Waals surface area contributed by atoms with Crippen LogP contribution >= 0.6 is 11.3 Å². The third-order valence-electron chi connectivity index (χ3n) is 6.88. The van der Waals surface area contributed by atoms with E-state index >= 15 is 0 Å². The molecule has 0 bridgehead atoms. The molecular weight excluding hydrogens is 490 g/mol. The van der Waals surface area contributed by atoms with Gasteiger partial charge in [-0.15, -0.1) is 11.3 Å². The van der Waals surface area contributed by atoms with Gasteiger partial charge in [0.05, 0.1) is 11.8 Å². The maximum absolute atomic E-state index is 13.5. The average molecular weight is 514 g/mol. The predicted octanol–water partition coefficient (Wildman–Crippen LogP) is 2.88. The second kappa shape index (κ2) is 9.32. The molecule has 0 radical (unpaired) electrons. The van der Waals surface area contributed by atoms with Gasteiger partial charge in [-0.1, -0.05) is 0 Å². The van der Waals surface area contributed by atoms with Crippen LogP contribution in [0.1, 0.15) is 45.1 Å². The second-order valence-electron chi connectivity index (χ2n) is 9.16. The molecule has 4 aromatic rings. The molecular formula is C26H23N7O3S. The minimum Gasteiger partial charge on any atom is -0.340 e. The lowest BCUT2D eigenvalue weighted by molar-refractivity contribution is -0.126. The van der Waals surface area contributed by atoms with Crippen LogP contribution in [0, 0.1) is 0 Å². The zero-order valence-corrected chi connectivity index (χ0v) is 20.9. The Hall–Kier alpha value is -4.25. The van der Waals surface area contributed by atoms with Crippen molar-refractivity contribution < 1.29 is 9.59 Å². The average Bonchev–Trinajstić information content (AvgIpc) is 3.31. The van der Waals surface area contributed by atoms with Crippen LogP contribution < -0.4 is 10.9 Å². The Morgan fingerprint density at radius 2 is 2.00 bits per heavy atom. The number of nitrogens with one attached hydrogen (secondary N) is 1. The molecule has 1 amide bonds. The van der Waals surface area contributed by atoms with Gasteiger partial charge in [0.1, 0.15) is 22.5 Å². The van der Waals surface area contributed by atoms with Crippen molar-refractivity contribution in [2.24, 2.45) is 0 Å². The van der Waals surface area contributed by atoms with Crippen molar-refractivity contribution in [1.29, 1.82) is 0 Å². The van der Waals surface area contributed by atoms with Crippen molar-refractivity contribution in [2.75, 3.05) is 18.9 Å². The number of hydrogen-bond donors (Lipinski definition) is 1. The standard InChI is InChI=1S/C26H23N7O3S/c1-32-12-15(10-20(25(32)35)31-22-7-8-27-14-29-22)16-6-9-28-24(19(16)13-34)33-26(36)23-18(11-30-33)17-4-2-3-5-21(17)37-23/h6-11,13-15H,2-5,12H2,1H3,(H,27,29,31). The van der Waals surface area contributed by atoms with Crippen molar-refractivity contribution in [3.63, 3.8) is 0 Å². The van der Waals surface area contributed by atoms with Gasteiger partial charge in [-0.3, -0.25) is 14.4 Å². The number of aryl methyl sites for hydroxylation is 2. The fraction of sp³-hybridized carbons (Fsp3) is 0.269. The lowest BCUT2D eigenvalue weighted by Gasteiger charge is -2.30. The van der Waals surface area contributed by atoms with Crippen molar-refractivity contribution in [3.05, 3.63) is 80.7 Å². The summed E-state index contributed by atoms with van der Waals surface area (Å²) in [6.45, 7) is 0.358. The molecule has 1 aliphatic heterocycles. The Bertz CT molecular complexity index is 1630. The number of hydrogen-bond acceptors (Lipinski definition) is 9. The first-order valence-electron chi connectivity index (χ1n) is 12.0. The Morgan fingerprint density at radius 1 is 1.14 bits per heavy atom. The number of nitrogens with zero attached hydrogens (tertiary/aromatic N) is 6. The Kier molecular flexibility index (Phi) is 5.84. The molecule has 0 aromatic carbocycles. The summed E-state index contributed by atoms with van der Waals surface area (Å²) in [5.41, 5.74) is 2.21. The molecule has 2 aliphatic rings. The highest BCUT2D eigenvalue weighted by molar-refractivity contribution is 7.19. The normalized spacial score (nSPS) is 17.4. The predicted molar refractivity (Wildman–Crippen MR) is 139 cm³/mol. The van der Waals surface area contributed by atoms with E-state index < -0.39 is 0 Å². The Morgan fingerprint density at radius 3 is 2.81 bits per heavy atom. The van der Waals surface area contributed by atoms with Crippen LogP contribution in [0.2, 0.25) is 0 Å². The van der Waals surface area contributed by atoms with Crippen molar-refractivity contribution in [2.45, 2.75) is 31.6 Å². The first kappa shape index (κ1) is 23.2. The zero-order chi connectivity index (χ0) is 25.5. The van der Waals surface area contributed by atoms with Crippen LogP contribution in [-0.4, -0.2) is 55.4 Å². The number of anilines is 1. The van der Waals surface area contributed by atoms with Crippen LogP contribution in [0.5, 0.6) is 0 Å². The number of aromatic nitrogens is 5. The van der Waals surface area contributed by atoms with Crippen LogP contribution in [0.15, 0.2) is 53.6 Å². The van der Waals surface area contributed by atoms with Crippen molar-refractivity contribution in [1.82, 2.24) is 29.6 Å². The largest absolute Gasteiger partial charge is 0.340 e. The molecule has 4 aromatic heterocycles. The van der Waals surface area contributed by atoms with Gasteiger partial charge >= 0.3 is 0 Å². The molecule has 5 heterocycles. The third kappa shape index (κ3) is 4.01. The summed E-state index contributed by atoms with van der Waals surface area (Å²) in [7, 11) is 1.70. The van der Waals surface area contributed by atoms with E-state index in [9.17, 15) is 14.4 Å². The minimum absolute atomic E-state index is 0.184. The van der Waals surface area contributed by atoms with Crippen molar-refractivity contribution >= 4 is 39.4 Å². The first-order valence-corrected chi connectivity index (χ1v) is 12.8. The number of likely N-dealkylation sites (N-methyl/N-ethyl adjacent to an activating group) is 1. The third-order valence-corrected chi connectivity index (χ3v) is 8.18. The topological polar surface area (TPSA) is 123 Å². The Labute approximate surface area is 215 Å². The van der Waals surface area contributed by atoms with E-state index in [1.165, 1.54) is 32.8 Å². The highest BCUT2D eigenvalue weighted by Gasteiger charge is 2.29.